The molecule has 1 saturated carbocycles. The molecule has 0 spiro atoms. The molecule has 1 heterocycles. The topological polar surface area (TPSA) is 53.8 Å². The first-order valence-electron chi connectivity index (χ1n) is 9.50. The molecule has 0 bridgehead atoms. The Morgan fingerprint density at radius 2 is 2.12 bits per heavy atom. The van der Waals surface area contributed by atoms with Gasteiger partial charge in [0.05, 0.1) is 18.5 Å². The molecular weight excluding hydrogens is 338 g/mol. The number of rotatable bonds is 7. The van der Waals surface area contributed by atoms with Gasteiger partial charge in [-0.2, -0.15) is 8.78 Å². The molecule has 3 rings (SSSR count). The van der Waals surface area contributed by atoms with Crippen LogP contribution in [-0.2, 0) is 0 Å². The first kappa shape index (κ1) is 19.1. The summed E-state index contributed by atoms with van der Waals surface area (Å²) in [6.45, 7) is 2.26. The minimum Gasteiger partial charge on any atom is -0.497 e. The highest BCUT2D eigenvalue weighted by Gasteiger charge is 2.41. The molecular formula is C20H28F2N2O2. The standard InChI is InChI=1S/C20H28F2N2O2/c1-13-6-5-8-14(13)7-3-4-11-20(21,22)18-19(25)24-17-12-15(26-2)9-10-16(17)23-18/h9-10,12-14,19,24-25H,3-8,11H2,1-2H3. The van der Waals surface area contributed by atoms with Crippen LogP contribution in [-0.4, -0.2) is 30.1 Å². The fourth-order valence-electron chi connectivity index (χ4n) is 4.08. The maximum atomic E-state index is 14.6. The van der Waals surface area contributed by atoms with Gasteiger partial charge in [0.25, 0.3) is 5.92 Å². The van der Waals surface area contributed by atoms with E-state index < -0.39 is 17.9 Å². The molecule has 1 fully saturated rings. The van der Waals surface area contributed by atoms with Gasteiger partial charge in [-0.1, -0.05) is 39.0 Å². The zero-order chi connectivity index (χ0) is 18.7. The number of alkyl halides is 2. The highest BCUT2D eigenvalue weighted by molar-refractivity contribution is 6.01. The number of hydrogen-bond acceptors (Lipinski definition) is 4. The number of halogens is 2. The molecule has 0 saturated heterocycles. The van der Waals surface area contributed by atoms with Crippen molar-refractivity contribution in [2.45, 2.75) is 64.0 Å². The quantitative estimate of drug-likeness (QED) is 0.657. The molecule has 1 aromatic rings. The molecule has 4 nitrogen and oxygen atoms in total. The lowest BCUT2D eigenvalue weighted by molar-refractivity contribution is 0.0527. The molecule has 1 aromatic carbocycles. The van der Waals surface area contributed by atoms with E-state index in [1.54, 1.807) is 18.2 Å². The van der Waals surface area contributed by atoms with E-state index in [4.69, 9.17) is 4.74 Å². The SMILES string of the molecule is COc1ccc2c(c1)NC(O)C(C(F)(F)CCCCC1CCCC1C)=N2. The summed E-state index contributed by atoms with van der Waals surface area (Å²) in [5.41, 5.74) is 0.390. The number of unbranched alkanes of at least 4 members (excludes halogenated alkanes) is 1. The van der Waals surface area contributed by atoms with Crippen LogP contribution in [0.3, 0.4) is 0 Å². The summed E-state index contributed by atoms with van der Waals surface area (Å²) >= 11 is 0. The maximum absolute atomic E-state index is 14.6. The van der Waals surface area contributed by atoms with Crippen LogP contribution in [0, 0.1) is 11.8 Å². The summed E-state index contributed by atoms with van der Waals surface area (Å²) in [6, 6.07) is 4.92. The molecule has 2 aliphatic rings. The fraction of sp³-hybridized carbons (Fsp3) is 0.650. The Labute approximate surface area is 153 Å². The number of fused-ring (bicyclic) bond motifs is 1. The second kappa shape index (κ2) is 7.91. The molecule has 3 unspecified atom stereocenters. The van der Waals surface area contributed by atoms with Gasteiger partial charge in [0, 0.05) is 12.5 Å². The minimum absolute atomic E-state index is 0.281. The van der Waals surface area contributed by atoms with E-state index in [1.165, 1.54) is 26.4 Å². The van der Waals surface area contributed by atoms with Crippen LogP contribution in [0.4, 0.5) is 20.2 Å². The van der Waals surface area contributed by atoms with E-state index in [-0.39, 0.29) is 6.42 Å². The summed E-state index contributed by atoms with van der Waals surface area (Å²) in [6.07, 6.45) is 4.25. The summed E-state index contributed by atoms with van der Waals surface area (Å²) < 4.78 is 34.3. The van der Waals surface area contributed by atoms with E-state index in [0.717, 1.165) is 18.8 Å². The van der Waals surface area contributed by atoms with Crippen molar-refractivity contribution in [1.82, 2.24) is 0 Å². The lowest BCUT2D eigenvalue weighted by Crippen LogP contribution is -2.43. The van der Waals surface area contributed by atoms with Crippen molar-refractivity contribution >= 4 is 17.1 Å². The van der Waals surface area contributed by atoms with Gasteiger partial charge < -0.3 is 15.2 Å². The van der Waals surface area contributed by atoms with Crippen molar-refractivity contribution in [3.05, 3.63) is 18.2 Å². The lowest BCUT2D eigenvalue weighted by Gasteiger charge is -2.28. The highest BCUT2D eigenvalue weighted by Crippen LogP contribution is 2.38. The van der Waals surface area contributed by atoms with Crippen LogP contribution in [0.15, 0.2) is 23.2 Å². The van der Waals surface area contributed by atoms with Gasteiger partial charge >= 0.3 is 0 Å². The Bertz CT molecular complexity index is 663. The summed E-state index contributed by atoms with van der Waals surface area (Å²) in [5, 5.41) is 12.8. The third-order valence-corrected chi connectivity index (χ3v) is 5.73. The second-order valence-corrected chi connectivity index (χ2v) is 7.55. The molecule has 1 aliphatic carbocycles. The van der Waals surface area contributed by atoms with Crippen molar-refractivity contribution in [1.29, 1.82) is 0 Å². The smallest absolute Gasteiger partial charge is 0.290 e. The Morgan fingerprint density at radius 1 is 1.31 bits per heavy atom. The average Bonchev–Trinajstić information content (AvgIpc) is 3.02. The Balaban J connectivity index is 1.61. The molecule has 1 aliphatic heterocycles. The number of benzene rings is 1. The van der Waals surface area contributed by atoms with E-state index in [2.05, 4.69) is 17.2 Å². The minimum atomic E-state index is -3.12. The van der Waals surface area contributed by atoms with Crippen LogP contribution in [0.25, 0.3) is 0 Å². The first-order valence-corrected chi connectivity index (χ1v) is 9.50. The predicted octanol–water partition coefficient (Wildman–Crippen LogP) is 5.14. The van der Waals surface area contributed by atoms with Gasteiger partial charge in [0.1, 0.15) is 11.5 Å². The third-order valence-electron chi connectivity index (χ3n) is 5.73. The van der Waals surface area contributed by atoms with Crippen molar-refractivity contribution in [3.8, 4) is 5.75 Å². The molecule has 26 heavy (non-hydrogen) atoms. The Kier molecular flexibility index (Phi) is 5.80. The molecule has 0 amide bonds. The normalized spacial score (nSPS) is 25.4. The molecule has 0 radical (unpaired) electrons. The average molecular weight is 366 g/mol. The van der Waals surface area contributed by atoms with Gasteiger partial charge in [-0.25, -0.2) is 4.99 Å². The zero-order valence-electron chi connectivity index (χ0n) is 15.5. The Hall–Kier alpha value is -1.69. The fourth-order valence-corrected chi connectivity index (χ4v) is 4.08. The first-order chi connectivity index (χ1) is 12.4. The maximum Gasteiger partial charge on any atom is 0.290 e. The summed E-state index contributed by atoms with van der Waals surface area (Å²) in [7, 11) is 1.52. The van der Waals surface area contributed by atoms with E-state index in [0.29, 0.717) is 29.5 Å². The number of ether oxygens (including phenoxy) is 1. The zero-order valence-corrected chi connectivity index (χ0v) is 15.5. The van der Waals surface area contributed by atoms with Crippen molar-refractivity contribution in [2.75, 3.05) is 12.4 Å². The predicted molar refractivity (Wildman–Crippen MR) is 99.6 cm³/mol. The monoisotopic (exact) mass is 366 g/mol. The van der Waals surface area contributed by atoms with Gasteiger partial charge in [-0.3, -0.25) is 0 Å². The molecule has 0 aromatic heterocycles. The third kappa shape index (κ3) is 4.17. The molecule has 6 heteroatoms. The van der Waals surface area contributed by atoms with Gasteiger partial charge in [-0.05, 0) is 30.4 Å². The number of hydrogen-bond donors (Lipinski definition) is 2. The molecule has 2 N–H and O–H groups in total. The van der Waals surface area contributed by atoms with Crippen LogP contribution < -0.4 is 10.1 Å². The van der Waals surface area contributed by atoms with Crippen molar-refractivity contribution < 1.29 is 18.6 Å². The number of aliphatic hydroxyl groups excluding tert-OH is 1. The van der Waals surface area contributed by atoms with Gasteiger partial charge in [0.2, 0.25) is 0 Å². The second-order valence-electron chi connectivity index (χ2n) is 7.55. The lowest BCUT2D eigenvalue weighted by atomic mass is 9.91. The van der Waals surface area contributed by atoms with Crippen LogP contribution in [0.1, 0.15) is 51.9 Å². The number of aliphatic imine (C=N–C) groups is 1. The number of nitrogens with zero attached hydrogens (tertiary/aromatic N) is 1. The van der Waals surface area contributed by atoms with Gasteiger partial charge in [-0.15, -0.1) is 0 Å². The largest absolute Gasteiger partial charge is 0.497 e. The van der Waals surface area contributed by atoms with Crippen LogP contribution in [0.2, 0.25) is 0 Å². The van der Waals surface area contributed by atoms with Crippen LogP contribution in [0.5, 0.6) is 5.75 Å². The van der Waals surface area contributed by atoms with E-state index >= 15 is 0 Å². The molecule has 3 atom stereocenters. The highest BCUT2D eigenvalue weighted by atomic mass is 19.3. The van der Waals surface area contributed by atoms with Gasteiger partial charge in [0.15, 0.2) is 6.23 Å². The summed E-state index contributed by atoms with van der Waals surface area (Å²) in [5.74, 6) is -1.14. The number of aliphatic hydroxyl groups is 1. The van der Waals surface area contributed by atoms with E-state index in [9.17, 15) is 13.9 Å². The number of anilines is 1. The molecule has 144 valence electrons. The van der Waals surface area contributed by atoms with Crippen molar-refractivity contribution in [2.24, 2.45) is 16.8 Å². The van der Waals surface area contributed by atoms with Crippen molar-refractivity contribution in [3.63, 3.8) is 0 Å². The van der Waals surface area contributed by atoms with E-state index in [1.807, 2.05) is 0 Å². The number of nitrogens with one attached hydrogen (secondary N) is 1. The Morgan fingerprint density at radius 3 is 2.81 bits per heavy atom. The van der Waals surface area contributed by atoms with Crippen LogP contribution >= 0.6 is 0 Å². The summed E-state index contributed by atoms with van der Waals surface area (Å²) in [4.78, 5) is 4.04. The number of methoxy groups -OCH3 is 1.